The Bertz CT molecular complexity index is 854. The summed E-state index contributed by atoms with van der Waals surface area (Å²) >= 11 is 1.54. The number of benzene rings is 2. The molecule has 3 rings (SSSR count). The molecule has 27 heavy (non-hydrogen) atoms. The zero-order valence-corrected chi connectivity index (χ0v) is 16.1. The Balaban J connectivity index is 1.74. The first-order valence-electron chi connectivity index (χ1n) is 9.05. The van der Waals surface area contributed by atoms with E-state index in [4.69, 9.17) is 4.74 Å². The maximum absolute atomic E-state index is 12.1. The van der Waals surface area contributed by atoms with Gasteiger partial charge in [0.15, 0.2) is 0 Å². The molecule has 0 unspecified atom stereocenters. The molecule has 0 aliphatic carbocycles. The number of nitriles is 1. The first-order chi connectivity index (χ1) is 13.2. The van der Waals surface area contributed by atoms with E-state index in [1.54, 1.807) is 11.8 Å². The standard InChI is InChI=1S/C22H22N2O2S/c1-2-12-27-22-20(14-23)19(13-21(25)24-22)17-8-10-18(11-9-17)26-15-16-6-4-3-5-7-16/h3-11,19H,2,12-13,15H2,1H3,(H,24,25)/t19-/m0/s1. The van der Waals surface area contributed by atoms with Crippen LogP contribution in [0.15, 0.2) is 65.2 Å². The lowest BCUT2D eigenvalue weighted by Gasteiger charge is -2.25. The first-order valence-corrected chi connectivity index (χ1v) is 10.0. The van der Waals surface area contributed by atoms with Gasteiger partial charge in [-0.05, 0) is 35.4 Å². The van der Waals surface area contributed by atoms with Gasteiger partial charge >= 0.3 is 0 Å². The molecule has 5 heteroatoms. The van der Waals surface area contributed by atoms with Gasteiger partial charge in [0.25, 0.3) is 0 Å². The van der Waals surface area contributed by atoms with Crippen molar-refractivity contribution in [2.24, 2.45) is 0 Å². The van der Waals surface area contributed by atoms with Crippen LogP contribution in [-0.4, -0.2) is 11.7 Å². The Labute approximate surface area is 164 Å². The van der Waals surface area contributed by atoms with E-state index >= 15 is 0 Å². The minimum atomic E-state index is -0.203. The van der Waals surface area contributed by atoms with E-state index in [0.29, 0.717) is 23.6 Å². The fourth-order valence-electron chi connectivity index (χ4n) is 2.96. The summed E-state index contributed by atoms with van der Waals surface area (Å²) in [5.41, 5.74) is 2.71. The first kappa shape index (κ1) is 19.1. The van der Waals surface area contributed by atoms with Crippen molar-refractivity contribution in [1.82, 2.24) is 5.32 Å². The van der Waals surface area contributed by atoms with E-state index in [9.17, 15) is 10.1 Å². The lowest BCUT2D eigenvalue weighted by Crippen LogP contribution is -2.30. The van der Waals surface area contributed by atoms with Crippen molar-refractivity contribution in [3.05, 3.63) is 76.3 Å². The predicted molar refractivity (Wildman–Crippen MR) is 108 cm³/mol. The number of hydrogen-bond acceptors (Lipinski definition) is 4. The quantitative estimate of drug-likeness (QED) is 0.755. The molecule has 0 saturated heterocycles. The molecule has 1 aliphatic rings. The maximum Gasteiger partial charge on any atom is 0.225 e. The lowest BCUT2D eigenvalue weighted by molar-refractivity contribution is -0.120. The summed E-state index contributed by atoms with van der Waals surface area (Å²) in [4.78, 5) is 12.1. The van der Waals surface area contributed by atoms with Crippen molar-refractivity contribution >= 4 is 17.7 Å². The SMILES string of the molecule is CCCSC1=C(C#N)[C@H](c2ccc(OCc3ccccc3)cc2)CC(=O)N1. The molecule has 0 aromatic heterocycles. The van der Waals surface area contributed by atoms with Gasteiger partial charge in [-0.1, -0.05) is 49.4 Å². The van der Waals surface area contributed by atoms with Crippen molar-refractivity contribution in [2.75, 3.05) is 5.75 Å². The largest absolute Gasteiger partial charge is 0.489 e. The molecule has 1 N–H and O–H groups in total. The second-order valence-corrected chi connectivity index (χ2v) is 7.46. The summed E-state index contributed by atoms with van der Waals surface area (Å²) in [5, 5.41) is 13.2. The van der Waals surface area contributed by atoms with Crippen LogP contribution in [0.5, 0.6) is 5.75 Å². The van der Waals surface area contributed by atoms with Crippen LogP contribution in [0.3, 0.4) is 0 Å². The average molecular weight is 378 g/mol. The highest BCUT2D eigenvalue weighted by molar-refractivity contribution is 8.03. The van der Waals surface area contributed by atoms with Crippen LogP contribution in [0.4, 0.5) is 0 Å². The highest BCUT2D eigenvalue weighted by Gasteiger charge is 2.29. The number of allylic oxidation sites excluding steroid dienone is 1. The summed E-state index contributed by atoms with van der Waals surface area (Å²) in [7, 11) is 0. The van der Waals surface area contributed by atoms with Gasteiger partial charge in [0.05, 0.1) is 16.7 Å². The fraction of sp³-hybridized carbons (Fsp3) is 0.273. The van der Waals surface area contributed by atoms with Crippen molar-refractivity contribution in [3.8, 4) is 11.8 Å². The Morgan fingerprint density at radius 1 is 1.19 bits per heavy atom. The Morgan fingerprint density at radius 3 is 2.59 bits per heavy atom. The Kier molecular flexibility index (Phi) is 6.56. The van der Waals surface area contributed by atoms with Gasteiger partial charge < -0.3 is 10.1 Å². The molecule has 0 bridgehead atoms. The third-order valence-electron chi connectivity index (χ3n) is 4.34. The van der Waals surface area contributed by atoms with Gasteiger partial charge in [-0.3, -0.25) is 4.79 Å². The number of amides is 1. The average Bonchev–Trinajstić information content (AvgIpc) is 2.71. The topological polar surface area (TPSA) is 62.1 Å². The van der Waals surface area contributed by atoms with E-state index in [0.717, 1.165) is 29.1 Å². The second kappa shape index (κ2) is 9.29. The number of carbonyl (C=O) groups excluding carboxylic acids is 1. The van der Waals surface area contributed by atoms with Gasteiger partial charge in [0, 0.05) is 12.3 Å². The number of hydrogen-bond donors (Lipinski definition) is 1. The summed E-state index contributed by atoms with van der Waals surface area (Å²) in [6.45, 7) is 2.59. The minimum absolute atomic E-state index is 0.0398. The zero-order chi connectivity index (χ0) is 19.1. The van der Waals surface area contributed by atoms with E-state index in [1.807, 2.05) is 54.6 Å². The van der Waals surface area contributed by atoms with Gasteiger partial charge in [0.1, 0.15) is 12.4 Å². The second-order valence-electron chi connectivity index (χ2n) is 6.35. The molecule has 0 radical (unpaired) electrons. The van der Waals surface area contributed by atoms with E-state index in [2.05, 4.69) is 18.3 Å². The highest BCUT2D eigenvalue weighted by Crippen LogP contribution is 2.36. The number of nitrogens with zero attached hydrogens (tertiary/aromatic N) is 1. The number of carbonyl (C=O) groups is 1. The maximum atomic E-state index is 12.1. The third kappa shape index (κ3) is 4.93. The molecule has 0 fully saturated rings. The van der Waals surface area contributed by atoms with E-state index in [-0.39, 0.29) is 11.8 Å². The van der Waals surface area contributed by atoms with Crippen LogP contribution >= 0.6 is 11.8 Å². The Hall–Kier alpha value is -2.71. The Morgan fingerprint density at radius 2 is 1.93 bits per heavy atom. The summed E-state index contributed by atoms with van der Waals surface area (Å²) in [5.74, 6) is 1.40. The molecule has 4 nitrogen and oxygen atoms in total. The minimum Gasteiger partial charge on any atom is -0.489 e. The van der Waals surface area contributed by atoms with Crippen molar-refractivity contribution in [2.45, 2.75) is 32.3 Å². The van der Waals surface area contributed by atoms with Crippen molar-refractivity contribution < 1.29 is 9.53 Å². The van der Waals surface area contributed by atoms with Crippen LogP contribution < -0.4 is 10.1 Å². The monoisotopic (exact) mass is 378 g/mol. The van der Waals surface area contributed by atoms with Crippen LogP contribution in [-0.2, 0) is 11.4 Å². The van der Waals surface area contributed by atoms with Crippen LogP contribution in [0, 0.1) is 11.3 Å². The van der Waals surface area contributed by atoms with Crippen molar-refractivity contribution in [1.29, 1.82) is 5.26 Å². The molecular weight excluding hydrogens is 356 g/mol. The van der Waals surface area contributed by atoms with Crippen LogP contribution in [0.2, 0.25) is 0 Å². The normalized spacial score (nSPS) is 16.6. The summed E-state index contributed by atoms with van der Waals surface area (Å²) in [6.07, 6.45) is 1.28. The van der Waals surface area contributed by atoms with E-state index < -0.39 is 0 Å². The summed E-state index contributed by atoms with van der Waals surface area (Å²) < 4.78 is 5.82. The number of rotatable bonds is 7. The van der Waals surface area contributed by atoms with E-state index in [1.165, 1.54) is 0 Å². The molecule has 1 amide bonds. The molecule has 1 atom stereocenters. The molecular formula is C22H22N2O2S. The lowest BCUT2D eigenvalue weighted by atomic mass is 9.87. The van der Waals surface area contributed by atoms with Gasteiger partial charge in [-0.25, -0.2) is 0 Å². The van der Waals surface area contributed by atoms with Gasteiger partial charge in [-0.15, -0.1) is 11.8 Å². The molecule has 1 aliphatic heterocycles. The fourth-order valence-corrected chi connectivity index (χ4v) is 3.90. The number of thioether (sulfide) groups is 1. The smallest absolute Gasteiger partial charge is 0.225 e. The summed E-state index contributed by atoms with van der Waals surface area (Å²) in [6, 6.07) is 20.0. The number of nitrogens with one attached hydrogen (secondary N) is 1. The predicted octanol–water partition coefficient (Wildman–Crippen LogP) is 4.75. The molecule has 0 saturated carbocycles. The van der Waals surface area contributed by atoms with Gasteiger partial charge in [-0.2, -0.15) is 5.26 Å². The van der Waals surface area contributed by atoms with Gasteiger partial charge in [0.2, 0.25) is 5.91 Å². The molecule has 0 spiro atoms. The van der Waals surface area contributed by atoms with Crippen LogP contribution in [0.1, 0.15) is 36.8 Å². The van der Waals surface area contributed by atoms with Crippen molar-refractivity contribution in [3.63, 3.8) is 0 Å². The molecule has 1 heterocycles. The molecule has 2 aromatic rings. The molecule has 138 valence electrons. The van der Waals surface area contributed by atoms with Crippen LogP contribution in [0.25, 0.3) is 0 Å². The number of ether oxygens (including phenoxy) is 1. The highest BCUT2D eigenvalue weighted by atomic mass is 32.2. The molecule has 2 aromatic carbocycles. The zero-order valence-electron chi connectivity index (χ0n) is 15.3. The third-order valence-corrected chi connectivity index (χ3v) is 5.56.